The molecule has 1 N–H and O–H groups in total. The number of nitriles is 1. The second-order valence-corrected chi connectivity index (χ2v) is 5.88. The number of aliphatic imine (C=N–C) groups is 1. The van der Waals surface area contributed by atoms with Gasteiger partial charge < -0.3 is 10.1 Å². The molecule has 2 rings (SSSR count). The molecule has 0 spiro atoms. The number of rotatable bonds is 6. The van der Waals surface area contributed by atoms with E-state index in [-0.39, 0.29) is 27.5 Å². The summed E-state index contributed by atoms with van der Waals surface area (Å²) in [5.74, 6) is -0.735. The monoisotopic (exact) mass is 407 g/mol. The van der Waals surface area contributed by atoms with Crippen LogP contribution in [0.4, 0.5) is 18.9 Å². The van der Waals surface area contributed by atoms with Gasteiger partial charge in [0.25, 0.3) is 0 Å². The first kappa shape index (κ1) is 21.1. The van der Waals surface area contributed by atoms with E-state index in [1.165, 1.54) is 30.3 Å². The minimum Gasteiger partial charge on any atom is -0.447 e. The zero-order chi connectivity index (χ0) is 20.7. The van der Waals surface area contributed by atoms with Crippen molar-refractivity contribution in [1.29, 1.82) is 10.7 Å². The third-order valence-corrected chi connectivity index (χ3v) is 3.84. The van der Waals surface area contributed by atoms with Crippen molar-refractivity contribution in [3.05, 3.63) is 64.7 Å². The Kier molecular flexibility index (Phi) is 6.90. The Morgan fingerprint density at radius 2 is 1.75 bits per heavy atom. The van der Waals surface area contributed by atoms with Crippen LogP contribution in [0.3, 0.4) is 0 Å². The molecule has 2 aromatic carbocycles. The molecule has 0 saturated carbocycles. The van der Waals surface area contributed by atoms with Crippen molar-refractivity contribution in [3.63, 3.8) is 0 Å². The summed E-state index contributed by atoms with van der Waals surface area (Å²) in [4.78, 5) is 15.9. The second-order valence-electron chi connectivity index (χ2n) is 5.47. The van der Waals surface area contributed by atoms with Crippen molar-refractivity contribution in [2.24, 2.45) is 4.99 Å². The molecular weight excluding hydrogens is 395 g/mol. The Hall–Kier alpha value is -3.18. The van der Waals surface area contributed by atoms with Gasteiger partial charge >= 0.3 is 12.1 Å². The van der Waals surface area contributed by atoms with Crippen LogP contribution < -0.4 is 0 Å². The van der Waals surface area contributed by atoms with Gasteiger partial charge in [0.15, 0.2) is 6.61 Å². The largest absolute Gasteiger partial charge is 0.447 e. The number of alkyl halides is 3. The van der Waals surface area contributed by atoms with Gasteiger partial charge in [0.1, 0.15) is 11.8 Å². The Labute approximate surface area is 163 Å². The van der Waals surface area contributed by atoms with Gasteiger partial charge in [-0.3, -0.25) is 4.99 Å². The van der Waals surface area contributed by atoms with Gasteiger partial charge in [-0.05, 0) is 29.8 Å². The Morgan fingerprint density at radius 3 is 2.32 bits per heavy atom. The number of para-hydroxylation sites is 1. The van der Waals surface area contributed by atoms with Crippen LogP contribution in [-0.2, 0) is 4.74 Å². The number of halogens is 4. The average Bonchev–Trinajstić information content (AvgIpc) is 2.66. The molecule has 0 atom stereocenters. The summed E-state index contributed by atoms with van der Waals surface area (Å²) < 4.78 is 43.2. The van der Waals surface area contributed by atoms with Crippen LogP contribution >= 0.6 is 11.6 Å². The highest BCUT2D eigenvalue weighted by atomic mass is 35.5. The highest BCUT2D eigenvalue weighted by molar-refractivity contribution is 6.33. The first-order chi connectivity index (χ1) is 13.2. The molecule has 28 heavy (non-hydrogen) atoms. The molecule has 5 nitrogen and oxygen atoms in total. The molecular formula is C19H13ClF3N3O2. The summed E-state index contributed by atoms with van der Waals surface area (Å²) in [6.07, 6.45) is -5.56. The highest BCUT2D eigenvalue weighted by Gasteiger charge is 2.35. The third-order valence-electron chi connectivity index (χ3n) is 3.52. The number of esters is 1. The van der Waals surface area contributed by atoms with Crippen molar-refractivity contribution >= 4 is 34.7 Å². The average molecular weight is 408 g/mol. The fraction of sp³-hybridized carbons (Fsp3) is 0.158. The molecule has 0 saturated heterocycles. The van der Waals surface area contributed by atoms with E-state index in [0.717, 1.165) is 0 Å². The lowest BCUT2D eigenvalue weighted by atomic mass is 10.0. The van der Waals surface area contributed by atoms with Gasteiger partial charge in [-0.2, -0.15) is 18.4 Å². The van der Waals surface area contributed by atoms with Gasteiger partial charge in [-0.15, -0.1) is 0 Å². The van der Waals surface area contributed by atoms with E-state index >= 15 is 0 Å². The van der Waals surface area contributed by atoms with E-state index in [4.69, 9.17) is 22.3 Å². The van der Waals surface area contributed by atoms with Gasteiger partial charge in [0.2, 0.25) is 0 Å². The number of ether oxygens (including phenoxy) is 1. The molecule has 2 aromatic rings. The molecule has 9 heteroatoms. The van der Waals surface area contributed by atoms with Crippen molar-refractivity contribution in [3.8, 4) is 6.07 Å². The summed E-state index contributed by atoms with van der Waals surface area (Å²) in [6, 6.07) is 13.5. The minimum absolute atomic E-state index is 0.0348. The topological polar surface area (TPSA) is 86.3 Å². The second kappa shape index (κ2) is 9.15. The van der Waals surface area contributed by atoms with E-state index in [2.05, 4.69) is 9.73 Å². The molecule has 0 aliphatic carbocycles. The molecule has 0 unspecified atom stereocenters. The SMILES string of the molecule is N#CCOC(=O)c1ccc(C(CC(=N)C(F)(F)F)=Nc2ccccc2Cl)cc1. The minimum atomic E-state index is -4.79. The van der Waals surface area contributed by atoms with Crippen LogP contribution in [0, 0.1) is 16.7 Å². The third kappa shape index (κ3) is 5.66. The van der Waals surface area contributed by atoms with E-state index in [0.29, 0.717) is 0 Å². The van der Waals surface area contributed by atoms with E-state index in [9.17, 15) is 18.0 Å². The van der Waals surface area contributed by atoms with E-state index < -0.39 is 30.9 Å². The Morgan fingerprint density at radius 1 is 1.14 bits per heavy atom. The number of carbonyl (C=O) groups is 1. The maximum atomic E-state index is 12.8. The quantitative estimate of drug-likeness (QED) is 0.533. The lowest BCUT2D eigenvalue weighted by Crippen LogP contribution is -2.25. The number of hydrogen-bond acceptors (Lipinski definition) is 5. The number of hydrogen-bond donors (Lipinski definition) is 1. The van der Waals surface area contributed by atoms with Crippen LogP contribution in [-0.4, -0.2) is 30.2 Å². The maximum Gasteiger partial charge on any atom is 0.429 e. The molecule has 0 radical (unpaired) electrons. The smallest absolute Gasteiger partial charge is 0.429 e. The Balaban J connectivity index is 2.39. The van der Waals surface area contributed by atoms with E-state index in [1.807, 2.05) is 0 Å². The van der Waals surface area contributed by atoms with Gasteiger partial charge in [0.05, 0.1) is 22.0 Å². The van der Waals surface area contributed by atoms with Crippen LogP contribution in [0.2, 0.25) is 5.02 Å². The number of benzene rings is 2. The predicted octanol–water partition coefficient (Wildman–Crippen LogP) is 5.11. The number of carbonyl (C=O) groups excluding carboxylic acids is 1. The molecule has 0 amide bonds. The van der Waals surface area contributed by atoms with Gasteiger partial charge in [0, 0.05) is 6.42 Å². The first-order valence-electron chi connectivity index (χ1n) is 7.83. The molecule has 0 aromatic heterocycles. The summed E-state index contributed by atoms with van der Waals surface area (Å²) >= 11 is 6.03. The standard InChI is InChI=1S/C19H13ClF3N3O2/c20-14-3-1-2-4-15(14)26-16(11-17(25)19(21,22)23)12-5-7-13(8-6-12)18(27)28-10-9-24/h1-8,25H,10-11H2. The van der Waals surface area contributed by atoms with Gasteiger partial charge in [-0.1, -0.05) is 35.9 Å². The Bertz CT molecular complexity index is 948. The fourth-order valence-corrected chi connectivity index (χ4v) is 2.32. The van der Waals surface area contributed by atoms with Crippen molar-refractivity contribution < 1.29 is 22.7 Å². The zero-order valence-electron chi connectivity index (χ0n) is 14.3. The normalized spacial score (nSPS) is 11.6. The van der Waals surface area contributed by atoms with Crippen molar-refractivity contribution in [2.45, 2.75) is 12.6 Å². The molecule has 0 heterocycles. The maximum absolute atomic E-state index is 12.8. The number of nitrogens with zero attached hydrogens (tertiary/aromatic N) is 2. The summed E-state index contributed by atoms with van der Waals surface area (Å²) in [5, 5.41) is 16.0. The van der Waals surface area contributed by atoms with Crippen LogP contribution in [0.15, 0.2) is 53.5 Å². The van der Waals surface area contributed by atoms with Crippen molar-refractivity contribution in [1.82, 2.24) is 0 Å². The summed E-state index contributed by atoms with van der Waals surface area (Å²) in [7, 11) is 0. The number of nitrogens with one attached hydrogen (secondary N) is 1. The van der Waals surface area contributed by atoms with Crippen LogP contribution in [0.25, 0.3) is 0 Å². The van der Waals surface area contributed by atoms with Gasteiger partial charge in [-0.25, -0.2) is 4.79 Å². The van der Waals surface area contributed by atoms with Crippen LogP contribution in [0.5, 0.6) is 0 Å². The first-order valence-corrected chi connectivity index (χ1v) is 8.21. The predicted molar refractivity (Wildman–Crippen MR) is 98.4 cm³/mol. The molecule has 144 valence electrons. The lowest BCUT2D eigenvalue weighted by molar-refractivity contribution is -0.0605. The zero-order valence-corrected chi connectivity index (χ0v) is 15.0. The molecule has 0 bridgehead atoms. The fourth-order valence-electron chi connectivity index (χ4n) is 2.14. The lowest BCUT2D eigenvalue weighted by Gasteiger charge is -2.12. The molecule has 0 aliphatic heterocycles. The van der Waals surface area contributed by atoms with E-state index in [1.54, 1.807) is 24.3 Å². The van der Waals surface area contributed by atoms with Crippen molar-refractivity contribution in [2.75, 3.05) is 6.61 Å². The molecule has 0 fully saturated rings. The highest BCUT2D eigenvalue weighted by Crippen LogP contribution is 2.27. The summed E-state index contributed by atoms with van der Waals surface area (Å²) in [6.45, 7) is -0.414. The van der Waals surface area contributed by atoms with Crippen LogP contribution in [0.1, 0.15) is 22.3 Å². The summed E-state index contributed by atoms with van der Waals surface area (Å²) in [5.41, 5.74) is -0.831. The molecule has 0 aliphatic rings.